The first kappa shape index (κ1) is 23.4. The Hall–Kier alpha value is -2.74. The van der Waals surface area contributed by atoms with E-state index in [9.17, 15) is 9.18 Å². The van der Waals surface area contributed by atoms with Crippen LogP contribution in [0.5, 0.6) is 5.75 Å². The van der Waals surface area contributed by atoms with E-state index in [1.807, 2.05) is 12.1 Å². The zero-order valence-corrected chi connectivity index (χ0v) is 19.4. The minimum Gasteiger partial charge on any atom is -0.482 e. The van der Waals surface area contributed by atoms with Gasteiger partial charge in [0, 0.05) is 43.4 Å². The summed E-state index contributed by atoms with van der Waals surface area (Å²) in [5, 5.41) is 3.78. The number of nitrogens with one attached hydrogen (secondary N) is 1. The summed E-state index contributed by atoms with van der Waals surface area (Å²) in [6, 6.07) is 15.0. The Kier molecular flexibility index (Phi) is 7.75. The molecule has 1 aliphatic rings. The van der Waals surface area contributed by atoms with Crippen molar-refractivity contribution in [3.8, 4) is 5.75 Å². The summed E-state index contributed by atoms with van der Waals surface area (Å²) in [5.74, 6) is 0.679. The average molecular weight is 492 g/mol. The predicted molar refractivity (Wildman–Crippen MR) is 127 cm³/mol. The van der Waals surface area contributed by atoms with Gasteiger partial charge in [0.2, 0.25) is 0 Å². The molecule has 1 unspecified atom stereocenters. The summed E-state index contributed by atoms with van der Waals surface area (Å²) in [5.41, 5.74) is 0.997. The van der Waals surface area contributed by atoms with Gasteiger partial charge in [-0.3, -0.25) is 9.69 Å². The molecule has 174 valence electrons. The normalized spacial score (nSPS) is 15.3. The quantitative estimate of drug-likeness (QED) is 0.491. The highest BCUT2D eigenvalue weighted by Crippen LogP contribution is 2.28. The number of carbonyl (C=O) groups is 1. The van der Waals surface area contributed by atoms with Gasteiger partial charge < -0.3 is 19.4 Å². The Balaban J connectivity index is 1.32. The molecule has 1 atom stereocenters. The first-order chi connectivity index (χ1) is 16.0. The van der Waals surface area contributed by atoms with E-state index < -0.39 is 0 Å². The number of halogens is 3. The predicted octanol–water partition coefficient (Wildman–Crippen LogP) is 4.78. The summed E-state index contributed by atoms with van der Waals surface area (Å²) in [6.45, 7) is 3.33. The van der Waals surface area contributed by atoms with E-state index in [4.69, 9.17) is 32.4 Å². The molecular weight excluding hydrogens is 468 g/mol. The van der Waals surface area contributed by atoms with Gasteiger partial charge in [-0.25, -0.2) is 4.39 Å². The van der Waals surface area contributed by atoms with Crippen molar-refractivity contribution >= 4 is 34.8 Å². The number of ether oxygens (including phenoxy) is 1. The molecule has 3 aromatic rings. The Labute approximate surface area is 201 Å². The molecule has 1 aromatic heterocycles. The second-order valence-corrected chi connectivity index (χ2v) is 8.54. The fourth-order valence-corrected chi connectivity index (χ4v) is 4.29. The molecule has 9 heteroatoms. The molecule has 1 N–H and O–H groups in total. The van der Waals surface area contributed by atoms with Crippen LogP contribution in [0.4, 0.5) is 10.1 Å². The summed E-state index contributed by atoms with van der Waals surface area (Å²) < 4.78 is 24.4. The minimum absolute atomic E-state index is 0.113. The topological polar surface area (TPSA) is 58.0 Å². The van der Waals surface area contributed by atoms with Gasteiger partial charge >= 0.3 is 0 Å². The van der Waals surface area contributed by atoms with E-state index in [1.54, 1.807) is 36.6 Å². The van der Waals surface area contributed by atoms with Gasteiger partial charge in [0.1, 0.15) is 17.3 Å². The average Bonchev–Trinajstić information content (AvgIpc) is 3.34. The fourth-order valence-electron chi connectivity index (χ4n) is 3.83. The second-order valence-electron chi connectivity index (χ2n) is 7.70. The number of hydrogen-bond donors (Lipinski definition) is 1. The number of hydrogen-bond acceptors (Lipinski definition) is 5. The number of rotatable bonds is 8. The second kappa shape index (κ2) is 10.9. The first-order valence-electron chi connectivity index (χ1n) is 10.6. The van der Waals surface area contributed by atoms with Crippen LogP contribution in [0, 0.1) is 5.82 Å². The van der Waals surface area contributed by atoms with Crippen LogP contribution >= 0.6 is 23.2 Å². The monoisotopic (exact) mass is 491 g/mol. The maximum atomic E-state index is 13.2. The Bertz CT molecular complexity index is 1060. The van der Waals surface area contributed by atoms with Crippen molar-refractivity contribution in [1.29, 1.82) is 0 Å². The Morgan fingerprint density at radius 1 is 1.09 bits per heavy atom. The molecule has 1 fully saturated rings. The number of carbonyl (C=O) groups excluding carboxylic acids is 1. The van der Waals surface area contributed by atoms with Crippen molar-refractivity contribution in [2.24, 2.45) is 0 Å². The molecule has 2 heterocycles. The maximum Gasteiger partial charge on any atom is 0.258 e. The van der Waals surface area contributed by atoms with E-state index in [0.717, 1.165) is 37.6 Å². The molecular formula is C24H24Cl2FN3O3. The first-order valence-corrected chi connectivity index (χ1v) is 11.4. The molecule has 1 saturated heterocycles. The SMILES string of the molecule is O=C(COc1ccc(Cl)cc1Cl)NCC(c1ccco1)N1CCN(c2ccc(F)cc2)CC1. The molecule has 1 aliphatic heterocycles. The molecule has 0 spiro atoms. The third-order valence-corrected chi connectivity index (χ3v) is 6.09. The lowest BCUT2D eigenvalue weighted by molar-refractivity contribution is -0.123. The van der Waals surface area contributed by atoms with E-state index in [-0.39, 0.29) is 24.4 Å². The van der Waals surface area contributed by atoms with Crippen molar-refractivity contribution in [1.82, 2.24) is 10.2 Å². The minimum atomic E-state index is -0.262. The number of benzene rings is 2. The number of amides is 1. The highest BCUT2D eigenvalue weighted by atomic mass is 35.5. The molecule has 4 rings (SSSR count). The zero-order chi connectivity index (χ0) is 23.2. The van der Waals surface area contributed by atoms with Crippen LogP contribution < -0.4 is 15.0 Å². The zero-order valence-electron chi connectivity index (χ0n) is 17.8. The van der Waals surface area contributed by atoms with E-state index in [1.165, 1.54) is 12.1 Å². The Morgan fingerprint density at radius 3 is 2.52 bits per heavy atom. The molecule has 6 nitrogen and oxygen atoms in total. The smallest absolute Gasteiger partial charge is 0.258 e. The van der Waals surface area contributed by atoms with Crippen molar-refractivity contribution in [3.63, 3.8) is 0 Å². The van der Waals surface area contributed by atoms with Crippen LogP contribution in [0.15, 0.2) is 65.3 Å². The molecule has 0 radical (unpaired) electrons. The maximum absolute atomic E-state index is 13.2. The van der Waals surface area contributed by atoms with E-state index in [2.05, 4.69) is 15.1 Å². The lowest BCUT2D eigenvalue weighted by Crippen LogP contribution is -2.50. The van der Waals surface area contributed by atoms with Gasteiger partial charge in [-0.1, -0.05) is 23.2 Å². The van der Waals surface area contributed by atoms with E-state index >= 15 is 0 Å². The van der Waals surface area contributed by atoms with Gasteiger partial charge in [-0.05, 0) is 54.6 Å². The molecule has 0 aliphatic carbocycles. The van der Waals surface area contributed by atoms with Gasteiger partial charge in [-0.2, -0.15) is 0 Å². The van der Waals surface area contributed by atoms with Crippen molar-refractivity contribution < 1.29 is 18.3 Å². The molecule has 2 aromatic carbocycles. The van der Waals surface area contributed by atoms with Crippen molar-refractivity contribution in [2.45, 2.75) is 6.04 Å². The highest BCUT2D eigenvalue weighted by molar-refractivity contribution is 6.35. The summed E-state index contributed by atoms with van der Waals surface area (Å²) >= 11 is 12.0. The third-order valence-electron chi connectivity index (χ3n) is 5.56. The fraction of sp³-hybridized carbons (Fsp3) is 0.292. The summed E-state index contributed by atoms with van der Waals surface area (Å²) in [4.78, 5) is 16.9. The number of furan rings is 1. The molecule has 0 saturated carbocycles. The number of anilines is 1. The number of piperazine rings is 1. The van der Waals surface area contributed by atoms with Crippen LogP contribution in [0.2, 0.25) is 10.0 Å². The molecule has 0 bridgehead atoms. The lowest BCUT2D eigenvalue weighted by Gasteiger charge is -2.39. The number of nitrogens with zero attached hydrogens (tertiary/aromatic N) is 2. The third kappa shape index (κ3) is 6.19. The van der Waals surface area contributed by atoms with Crippen molar-refractivity contribution in [3.05, 3.63) is 82.5 Å². The highest BCUT2D eigenvalue weighted by Gasteiger charge is 2.27. The van der Waals surface area contributed by atoms with Crippen LogP contribution in [-0.4, -0.2) is 50.1 Å². The van der Waals surface area contributed by atoms with E-state index in [0.29, 0.717) is 22.3 Å². The molecule has 33 heavy (non-hydrogen) atoms. The van der Waals surface area contributed by atoms with Gasteiger partial charge in [-0.15, -0.1) is 0 Å². The lowest BCUT2D eigenvalue weighted by atomic mass is 10.1. The summed E-state index contributed by atoms with van der Waals surface area (Å²) in [7, 11) is 0. The standard InChI is InChI=1S/C24H24Cl2FN3O3/c25-17-3-8-22(20(26)14-17)33-16-24(31)28-15-21(23-2-1-13-32-23)30-11-9-29(10-12-30)19-6-4-18(27)5-7-19/h1-8,13-14,21H,9-12,15-16H2,(H,28,31). The summed E-state index contributed by atoms with van der Waals surface area (Å²) in [6.07, 6.45) is 1.63. The Morgan fingerprint density at radius 2 is 1.85 bits per heavy atom. The molecule has 1 amide bonds. The van der Waals surface area contributed by atoms with Gasteiger partial charge in [0.15, 0.2) is 6.61 Å². The largest absolute Gasteiger partial charge is 0.482 e. The van der Waals surface area contributed by atoms with Crippen LogP contribution in [-0.2, 0) is 4.79 Å². The van der Waals surface area contributed by atoms with Crippen LogP contribution in [0.25, 0.3) is 0 Å². The van der Waals surface area contributed by atoms with Crippen molar-refractivity contribution in [2.75, 3.05) is 44.2 Å². The van der Waals surface area contributed by atoms with Crippen LogP contribution in [0.1, 0.15) is 11.8 Å². The van der Waals surface area contributed by atoms with Gasteiger partial charge in [0.25, 0.3) is 5.91 Å². The van der Waals surface area contributed by atoms with Crippen LogP contribution in [0.3, 0.4) is 0 Å². The van der Waals surface area contributed by atoms with Gasteiger partial charge in [0.05, 0.1) is 17.3 Å².